The normalized spacial score (nSPS) is 35.4. The molecule has 1 aromatic rings. The van der Waals surface area contributed by atoms with Crippen molar-refractivity contribution in [1.82, 2.24) is 0 Å². The summed E-state index contributed by atoms with van der Waals surface area (Å²) in [6, 6.07) is 7.97. The van der Waals surface area contributed by atoms with Crippen molar-refractivity contribution in [2.75, 3.05) is 0 Å². The number of ether oxygens (including phenoxy) is 5. The zero-order valence-electron chi connectivity index (χ0n) is 16.0. The minimum atomic E-state index is -1.03. The van der Waals surface area contributed by atoms with Crippen LogP contribution in [-0.2, 0) is 33.3 Å². The number of fused-ring (bicyclic) bond motifs is 1. The Labute approximate surface area is 162 Å². The van der Waals surface area contributed by atoms with Gasteiger partial charge in [-0.25, -0.2) is 0 Å². The minimum absolute atomic E-state index is 0.484. The summed E-state index contributed by atoms with van der Waals surface area (Å²) in [7, 11) is 0. The molecule has 3 rings (SSSR count). The second kappa shape index (κ2) is 7.79. The second-order valence-corrected chi connectivity index (χ2v) is 8.25. The van der Waals surface area contributed by atoms with Gasteiger partial charge in [-0.15, -0.1) is 0 Å². The van der Waals surface area contributed by atoms with Gasteiger partial charge in [0.05, 0.1) is 6.10 Å². The molecule has 2 aliphatic heterocycles. The first-order valence-corrected chi connectivity index (χ1v) is 9.60. The number of rotatable bonds is 4. The lowest BCUT2D eigenvalue weighted by molar-refractivity contribution is -0.253. The van der Waals surface area contributed by atoms with E-state index in [4.69, 9.17) is 23.7 Å². The van der Waals surface area contributed by atoms with Gasteiger partial charge in [-0.3, -0.25) is 9.59 Å². The van der Waals surface area contributed by atoms with E-state index in [-0.39, 0.29) is 0 Å². The molecule has 8 heteroatoms. The zero-order valence-corrected chi connectivity index (χ0v) is 16.8. The fourth-order valence-electron chi connectivity index (χ4n) is 3.23. The summed E-state index contributed by atoms with van der Waals surface area (Å²) in [5, 5.41) is -1.03. The predicted molar refractivity (Wildman–Crippen MR) is 96.8 cm³/mol. The Morgan fingerprint density at radius 3 is 2.22 bits per heavy atom. The van der Waals surface area contributed by atoms with E-state index in [0.717, 1.165) is 10.5 Å². The molecule has 2 saturated heterocycles. The van der Waals surface area contributed by atoms with E-state index in [1.165, 1.54) is 25.6 Å². The van der Waals surface area contributed by atoms with Crippen molar-refractivity contribution in [2.45, 2.75) is 75.3 Å². The van der Waals surface area contributed by atoms with Crippen LogP contribution in [0.15, 0.2) is 29.2 Å². The first-order chi connectivity index (χ1) is 12.7. The number of carbonyl (C=O) groups excluding carboxylic acids is 2. The van der Waals surface area contributed by atoms with E-state index in [2.05, 4.69) is 0 Å². The van der Waals surface area contributed by atoms with Gasteiger partial charge in [0.15, 0.2) is 24.6 Å². The van der Waals surface area contributed by atoms with E-state index < -0.39 is 47.8 Å². The van der Waals surface area contributed by atoms with Crippen LogP contribution in [0.1, 0.15) is 33.3 Å². The van der Waals surface area contributed by atoms with Crippen LogP contribution in [0.5, 0.6) is 0 Å². The van der Waals surface area contributed by atoms with E-state index >= 15 is 0 Å². The maximum atomic E-state index is 11.6. The maximum absolute atomic E-state index is 11.6. The van der Waals surface area contributed by atoms with Crippen LogP contribution in [0.4, 0.5) is 0 Å². The summed E-state index contributed by atoms with van der Waals surface area (Å²) in [6.07, 6.45) is -3.56. The number of thioether (sulfide) groups is 1. The highest BCUT2D eigenvalue weighted by atomic mass is 32.2. The van der Waals surface area contributed by atoms with Crippen molar-refractivity contribution in [3.63, 3.8) is 0 Å². The Morgan fingerprint density at radius 1 is 1.04 bits per heavy atom. The summed E-state index contributed by atoms with van der Waals surface area (Å²) in [4.78, 5) is 24.1. The molecular weight excluding hydrogens is 372 g/mol. The molecular formula is C19H24O7S. The molecule has 0 bridgehead atoms. The predicted octanol–water partition coefficient (Wildman–Crippen LogP) is 2.78. The lowest BCUT2D eigenvalue weighted by Crippen LogP contribution is -2.58. The molecule has 0 unspecified atom stereocenters. The van der Waals surface area contributed by atoms with Gasteiger partial charge in [0, 0.05) is 25.7 Å². The van der Waals surface area contributed by atoms with Crippen molar-refractivity contribution in [2.24, 2.45) is 0 Å². The monoisotopic (exact) mass is 396 g/mol. The molecule has 6 atom stereocenters. The molecule has 0 radical (unpaired) electrons. The van der Waals surface area contributed by atoms with Crippen molar-refractivity contribution >= 4 is 23.7 Å². The largest absolute Gasteiger partial charge is 0.456 e. The van der Waals surface area contributed by atoms with Crippen LogP contribution in [0.2, 0.25) is 0 Å². The average molecular weight is 396 g/mol. The first-order valence-electron chi connectivity index (χ1n) is 8.78. The third-order valence-electron chi connectivity index (χ3n) is 4.34. The van der Waals surface area contributed by atoms with Gasteiger partial charge in [-0.05, 0) is 26.0 Å². The molecule has 1 aromatic carbocycles. The number of benzene rings is 1. The van der Waals surface area contributed by atoms with Crippen molar-refractivity contribution in [3.8, 4) is 0 Å². The molecule has 0 aliphatic carbocycles. The van der Waals surface area contributed by atoms with E-state index in [1.807, 2.05) is 31.2 Å². The highest BCUT2D eigenvalue weighted by molar-refractivity contribution is 8.00. The summed E-state index contributed by atoms with van der Waals surface area (Å²) >= 11 is 1.39. The lowest BCUT2D eigenvalue weighted by atomic mass is 9.99. The van der Waals surface area contributed by atoms with Gasteiger partial charge in [-0.1, -0.05) is 29.5 Å². The number of carbonyl (C=O) groups is 2. The third kappa shape index (κ3) is 4.63. The minimum Gasteiger partial charge on any atom is -0.456 e. The molecule has 2 aliphatic rings. The van der Waals surface area contributed by atoms with Crippen LogP contribution >= 0.6 is 11.8 Å². The van der Waals surface area contributed by atoms with Crippen molar-refractivity contribution in [3.05, 3.63) is 29.8 Å². The fourth-order valence-corrected chi connectivity index (χ4v) is 4.23. The number of aryl methyl sites for hydroxylation is 1. The summed E-state index contributed by atoms with van der Waals surface area (Å²) in [5.41, 5.74) is 1.16. The molecule has 0 amide bonds. The number of hydrogen-bond acceptors (Lipinski definition) is 8. The van der Waals surface area contributed by atoms with Gasteiger partial charge < -0.3 is 23.7 Å². The smallest absolute Gasteiger partial charge is 0.303 e. The van der Waals surface area contributed by atoms with E-state index in [9.17, 15) is 9.59 Å². The van der Waals surface area contributed by atoms with Gasteiger partial charge in [0.1, 0.15) is 0 Å². The standard InChI is InChI=1S/C19H24O7S/c1-10-6-8-14(9-7-10)27-19(5)25-17-16(24-13(4)21)15(23-12(3)20)11(2)22-18(17)26-19/h6-9,11,15-18H,1-5H3/t11-,15-,16+,17+,18+,19+/m0/s1. The SMILES string of the molecule is CC(=O)O[C@@H]1[C@@H](OC(C)=O)[C@H](C)O[C@@H]2O[C@](C)(Sc3ccc(C)cc3)O[C@@H]21. The summed E-state index contributed by atoms with van der Waals surface area (Å²) < 4.78 is 28.8. The van der Waals surface area contributed by atoms with Gasteiger partial charge in [0.2, 0.25) is 5.12 Å². The highest BCUT2D eigenvalue weighted by Gasteiger charge is 2.58. The van der Waals surface area contributed by atoms with Crippen molar-refractivity contribution in [1.29, 1.82) is 0 Å². The van der Waals surface area contributed by atoms with Gasteiger partial charge in [0.25, 0.3) is 0 Å². The molecule has 148 valence electrons. The van der Waals surface area contributed by atoms with Gasteiger partial charge >= 0.3 is 11.9 Å². The molecule has 2 heterocycles. The Balaban J connectivity index is 1.81. The molecule has 0 spiro atoms. The Hall–Kier alpha value is -1.61. The molecule has 7 nitrogen and oxygen atoms in total. The van der Waals surface area contributed by atoms with E-state index in [1.54, 1.807) is 13.8 Å². The van der Waals surface area contributed by atoms with Crippen LogP contribution in [0.3, 0.4) is 0 Å². The average Bonchev–Trinajstić information content (AvgIpc) is 2.88. The van der Waals surface area contributed by atoms with Crippen LogP contribution in [-0.4, -0.2) is 47.8 Å². The number of hydrogen-bond donors (Lipinski definition) is 0. The Kier molecular flexibility index (Phi) is 5.81. The maximum Gasteiger partial charge on any atom is 0.303 e. The molecule has 0 aromatic heterocycles. The number of esters is 2. The molecule has 27 heavy (non-hydrogen) atoms. The fraction of sp³-hybridized carbons (Fsp3) is 0.579. The molecule has 2 fully saturated rings. The van der Waals surface area contributed by atoms with Gasteiger partial charge in [-0.2, -0.15) is 0 Å². The van der Waals surface area contributed by atoms with E-state index in [0.29, 0.717) is 0 Å². The third-order valence-corrected chi connectivity index (χ3v) is 5.41. The summed E-state index contributed by atoms with van der Waals surface area (Å²) in [6.45, 7) is 8.15. The molecule has 0 N–H and O–H groups in total. The first kappa shape index (κ1) is 20.1. The molecule has 0 saturated carbocycles. The van der Waals surface area contributed by atoms with Crippen LogP contribution in [0.25, 0.3) is 0 Å². The lowest BCUT2D eigenvalue weighted by Gasteiger charge is -2.39. The van der Waals surface area contributed by atoms with Crippen LogP contribution < -0.4 is 0 Å². The van der Waals surface area contributed by atoms with Crippen molar-refractivity contribution < 1.29 is 33.3 Å². The Bertz CT molecular complexity index is 707. The second-order valence-electron chi connectivity index (χ2n) is 6.84. The van der Waals surface area contributed by atoms with Crippen LogP contribution in [0, 0.1) is 6.92 Å². The topological polar surface area (TPSA) is 80.3 Å². The quantitative estimate of drug-likeness (QED) is 0.719. The zero-order chi connectivity index (χ0) is 19.8. The highest BCUT2D eigenvalue weighted by Crippen LogP contribution is 2.46. The Morgan fingerprint density at radius 2 is 1.63 bits per heavy atom. The summed E-state index contributed by atoms with van der Waals surface area (Å²) in [5.74, 6) is -0.977.